The van der Waals surface area contributed by atoms with Gasteiger partial charge in [-0.15, -0.1) is 0 Å². The number of nitrogens with zero attached hydrogens (tertiary/aromatic N) is 11. The van der Waals surface area contributed by atoms with Crippen LogP contribution < -0.4 is 5.73 Å². The van der Waals surface area contributed by atoms with Gasteiger partial charge in [0.2, 0.25) is 17.3 Å². The lowest BCUT2D eigenvalue weighted by Crippen LogP contribution is -2.08. The number of hydrogen-bond donors (Lipinski definition) is 3. The van der Waals surface area contributed by atoms with Crippen LogP contribution in [0, 0.1) is 30.3 Å². The summed E-state index contributed by atoms with van der Waals surface area (Å²) in [6.07, 6.45) is 16.4. The molecule has 24 nitrogen and oxygen atoms in total. The number of aromatic nitrogens is 8. The molecule has 0 aliphatic carbocycles. The number of nitrogens with two attached hydrogens (primary N) is 1. The van der Waals surface area contributed by atoms with Gasteiger partial charge in [0.25, 0.3) is 11.4 Å². The monoisotopic (exact) mass is 1070 g/mol. The largest absolute Gasteiger partial charge is 0.476 e. The van der Waals surface area contributed by atoms with Gasteiger partial charge in [-0.3, -0.25) is 64.7 Å². The van der Waals surface area contributed by atoms with Gasteiger partial charge in [0.1, 0.15) is 11.8 Å². The lowest BCUT2D eigenvalue weighted by molar-refractivity contribution is -0.386. The number of nitro groups is 3. The molecule has 0 spiro atoms. The maximum absolute atomic E-state index is 12.0. The van der Waals surface area contributed by atoms with E-state index in [1.165, 1.54) is 61.7 Å². The predicted octanol–water partition coefficient (Wildman–Crippen LogP) is 8.57. The predicted molar refractivity (Wildman–Crippen MR) is 262 cm³/mol. The van der Waals surface area contributed by atoms with Crippen molar-refractivity contribution in [1.29, 1.82) is 0 Å². The molecule has 1 unspecified atom stereocenters. The number of nitrogen functional groups attached to an aromatic ring is 1. The molecule has 0 aliphatic rings. The van der Waals surface area contributed by atoms with Crippen LogP contribution in [0.4, 0.5) is 22.7 Å². The number of carbonyl (C=O) groups is 4. The first-order valence-electron chi connectivity index (χ1n) is 19.7. The number of halogens is 4. The van der Waals surface area contributed by atoms with E-state index < -0.39 is 49.7 Å². The van der Waals surface area contributed by atoms with Crippen molar-refractivity contribution in [3.05, 3.63) is 243 Å². The molecule has 0 bridgehead atoms. The highest BCUT2D eigenvalue weighted by Gasteiger charge is 2.26. The van der Waals surface area contributed by atoms with Crippen molar-refractivity contribution in [2.24, 2.45) is 0 Å². The molecule has 370 valence electrons. The van der Waals surface area contributed by atoms with Crippen molar-refractivity contribution in [3.63, 3.8) is 0 Å². The summed E-state index contributed by atoms with van der Waals surface area (Å²) in [6, 6.07) is 17.8. The third-order valence-corrected chi connectivity index (χ3v) is 9.39. The molecule has 0 saturated carbocycles. The van der Waals surface area contributed by atoms with Gasteiger partial charge in [0, 0.05) is 115 Å². The number of hydrogen-bond acceptors (Lipinski definition) is 20. The van der Waals surface area contributed by atoms with Gasteiger partial charge in [0.15, 0.2) is 17.7 Å². The van der Waals surface area contributed by atoms with E-state index in [4.69, 9.17) is 57.2 Å². The maximum atomic E-state index is 12.0. The van der Waals surface area contributed by atoms with E-state index in [9.17, 15) is 54.6 Å². The van der Waals surface area contributed by atoms with Crippen LogP contribution in [-0.2, 0) is 0 Å². The third-order valence-electron chi connectivity index (χ3n) is 8.57. The smallest absolute Gasteiger partial charge is 0.361 e. The summed E-state index contributed by atoms with van der Waals surface area (Å²) >= 11 is 22.4. The topological polar surface area (TPSA) is 367 Å². The Labute approximate surface area is 429 Å². The van der Waals surface area contributed by atoms with E-state index in [2.05, 4.69) is 39.9 Å². The lowest BCUT2D eigenvalue weighted by atomic mass is 10.1. The first-order chi connectivity index (χ1) is 34.8. The van der Waals surface area contributed by atoms with Gasteiger partial charge in [-0.05, 0) is 48.5 Å². The molecule has 4 N–H and O–H groups in total. The summed E-state index contributed by atoms with van der Waals surface area (Å²) in [5.74, 6) is -2.28. The van der Waals surface area contributed by atoms with E-state index in [-0.39, 0.29) is 54.9 Å². The minimum absolute atomic E-state index is 0.0247. The zero-order valence-electron chi connectivity index (χ0n) is 36.5. The second-order valence-electron chi connectivity index (χ2n) is 13.5. The Hall–Kier alpha value is -9.20. The highest BCUT2D eigenvalue weighted by atomic mass is 35.5. The van der Waals surface area contributed by atoms with E-state index in [1.54, 1.807) is 61.1 Å². The van der Waals surface area contributed by atoms with Gasteiger partial charge >= 0.3 is 11.7 Å². The van der Waals surface area contributed by atoms with E-state index in [0.717, 1.165) is 30.7 Å². The highest BCUT2D eigenvalue weighted by Crippen LogP contribution is 2.30. The fourth-order valence-corrected chi connectivity index (χ4v) is 5.95. The summed E-state index contributed by atoms with van der Waals surface area (Å²) in [5.41, 5.74) is 5.57. The van der Waals surface area contributed by atoms with Crippen molar-refractivity contribution >= 4 is 93.0 Å². The quantitative estimate of drug-likeness (QED) is 0.0472. The summed E-state index contributed by atoms with van der Waals surface area (Å²) in [4.78, 5) is 104. The maximum Gasteiger partial charge on any atom is 0.361 e. The molecule has 8 heterocycles. The van der Waals surface area contributed by atoms with Crippen LogP contribution in [0.5, 0.6) is 0 Å². The second kappa shape index (κ2) is 27.9. The molecule has 1 atom stereocenters. The van der Waals surface area contributed by atoms with Gasteiger partial charge in [-0.25, -0.2) is 24.7 Å². The first kappa shape index (κ1) is 56.4. The minimum Gasteiger partial charge on any atom is -0.476 e. The number of aliphatic hydroxyl groups excluding tert-OH is 1. The molecule has 8 aromatic heterocycles. The van der Waals surface area contributed by atoms with Crippen molar-refractivity contribution < 1.29 is 44.2 Å². The number of ketones is 2. The highest BCUT2D eigenvalue weighted by molar-refractivity contribution is 6.31. The molecule has 0 radical (unpaired) electrons. The van der Waals surface area contributed by atoms with Crippen LogP contribution in [0.15, 0.2) is 147 Å². The van der Waals surface area contributed by atoms with Crippen molar-refractivity contribution in [1.82, 2.24) is 39.9 Å². The van der Waals surface area contributed by atoms with Gasteiger partial charge < -0.3 is 15.9 Å². The van der Waals surface area contributed by atoms with Crippen molar-refractivity contribution in [2.45, 2.75) is 6.10 Å². The number of anilines is 1. The standard InChI is InChI=1S/C11H8ClN3O3.C11H6ClN3O3.C11H8ClN3O.C6H3ClN2O4.C6H5NO/c2*12-8-4-9(15(17)18)10(14-6-8)11(16)7-2-1-3-13-5-7;12-8-4-9(13)10(15-6-8)11(16)7-2-1-3-14-5-7;7-3-1-4(9(12)13)5(6(10)11)8-2-3;8-5-6-2-1-3-7-4-6/h1-6,11,16H;1-6H;1-6H,13H2;1-2H,(H,10,11);1-5H. The third kappa shape index (κ3) is 17.0. The number of rotatable bonds is 11. The van der Waals surface area contributed by atoms with E-state index in [1.807, 2.05) is 0 Å². The molecule has 8 rings (SSSR count). The Morgan fingerprint density at radius 2 is 0.959 bits per heavy atom. The SMILES string of the molecule is Nc1cc(Cl)cnc1C(=O)c1cccnc1.O=C(O)c1ncc(Cl)cc1[N+](=O)[O-].O=C(c1cccnc1)c1ncc(Cl)cc1[N+](=O)[O-].O=Cc1cccnc1.O=[N+]([O-])c1cc(Cl)cnc1C(O)c1cccnc1. The average Bonchev–Trinajstić information content (AvgIpc) is 3.39. The van der Waals surface area contributed by atoms with Crippen LogP contribution in [0.25, 0.3) is 0 Å². The molecule has 0 aliphatic heterocycles. The Morgan fingerprint density at radius 3 is 1.37 bits per heavy atom. The number of aromatic carboxylic acids is 1. The van der Waals surface area contributed by atoms with Gasteiger partial charge in [0.05, 0.1) is 40.5 Å². The Morgan fingerprint density at radius 1 is 0.548 bits per heavy atom. The van der Waals surface area contributed by atoms with Crippen LogP contribution in [0.2, 0.25) is 20.1 Å². The minimum atomic E-state index is -1.46. The summed E-state index contributed by atoms with van der Waals surface area (Å²) < 4.78 is 0. The number of aliphatic hydroxyl groups is 1. The number of pyridine rings is 8. The first-order valence-corrected chi connectivity index (χ1v) is 21.2. The van der Waals surface area contributed by atoms with Gasteiger partial charge in [-0.1, -0.05) is 52.5 Å². The molecule has 0 saturated heterocycles. The fraction of sp³-hybridized carbons (Fsp3) is 0.0222. The molecule has 73 heavy (non-hydrogen) atoms. The van der Waals surface area contributed by atoms with Crippen LogP contribution in [-0.4, -0.2) is 88.7 Å². The molecule has 0 amide bonds. The zero-order chi connectivity index (χ0) is 53.6. The average molecular weight is 1070 g/mol. The molecule has 0 fully saturated rings. The number of aldehydes is 1. The Balaban J connectivity index is 0.000000202. The molecule has 28 heteroatoms. The summed E-state index contributed by atoms with van der Waals surface area (Å²) in [6.45, 7) is 0. The summed E-state index contributed by atoms with van der Waals surface area (Å²) in [7, 11) is 0. The zero-order valence-corrected chi connectivity index (χ0v) is 39.5. The normalized spacial score (nSPS) is 10.3. The molecular formula is C45H30Cl4N12O12. The van der Waals surface area contributed by atoms with Crippen molar-refractivity contribution in [2.75, 3.05) is 5.73 Å². The van der Waals surface area contributed by atoms with Crippen LogP contribution in [0.3, 0.4) is 0 Å². The second-order valence-corrected chi connectivity index (χ2v) is 15.2. The molecule has 0 aromatic carbocycles. The Kier molecular flexibility index (Phi) is 21.5. The van der Waals surface area contributed by atoms with Crippen molar-refractivity contribution in [3.8, 4) is 0 Å². The fourth-order valence-electron chi connectivity index (χ4n) is 5.32. The number of carbonyl (C=O) groups excluding carboxylic acids is 3. The van der Waals surface area contributed by atoms with Crippen LogP contribution in [0.1, 0.15) is 70.3 Å². The van der Waals surface area contributed by atoms with E-state index >= 15 is 0 Å². The number of carboxylic acid groups (broad SMARTS) is 1. The molecular weight excluding hydrogens is 1040 g/mol. The lowest BCUT2D eigenvalue weighted by Gasteiger charge is -2.10. The van der Waals surface area contributed by atoms with E-state index in [0.29, 0.717) is 21.7 Å². The molecule has 8 aromatic rings. The van der Waals surface area contributed by atoms with Gasteiger partial charge in [-0.2, -0.15) is 0 Å². The van der Waals surface area contributed by atoms with Crippen LogP contribution >= 0.6 is 46.4 Å². The number of carboxylic acids is 1. The Bertz CT molecular complexity index is 3250. The summed E-state index contributed by atoms with van der Waals surface area (Å²) in [5, 5.41) is 51.3.